The van der Waals surface area contributed by atoms with Crippen LogP contribution in [0.4, 0.5) is 0 Å². The van der Waals surface area contributed by atoms with Gasteiger partial charge in [0.05, 0.1) is 18.2 Å². The molecule has 2 aromatic rings. The topological polar surface area (TPSA) is 40.5 Å². The smallest absolute Gasteiger partial charge is 0.218 e. The van der Waals surface area contributed by atoms with Gasteiger partial charge < -0.3 is 9.47 Å². The molecule has 0 unspecified atom stereocenters. The third kappa shape index (κ3) is 2.04. The van der Waals surface area contributed by atoms with Gasteiger partial charge >= 0.3 is 0 Å². The first-order chi connectivity index (χ1) is 8.72. The number of nitrogens with zero attached hydrogens (tertiary/aromatic N) is 1. The van der Waals surface area contributed by atoms with Crippen LogP contribution in [0.25, 0.3) is 10.9 Å². The quantitative estimate of drug-likeness (QED) is 0.782. The summed E-state index contributed by atoms with van der Waals surface area (Å²) in [5.41, 5.74) is 0.680. The zero-order valence-corrected chi connectivity index (χ0v) is 11.0. The average Bonchev–Trinajstić information content (AvgIpc) is 2.78. The summed E-state index contributed by atoms with van der Waals surface area (Å²) >= 11 is 6.17. The lowest BCUT2D eigenvalue weighted by atomic mass is 10.2. The van der Waals surface area contributed by atoms with Crippen LogP contribution in [-0.2, 0) is 4.79 Å². The molecule has 0 N–H and O–H groups in total. The van der Waals surface area contributed by atoms with E-state index in [1.165, 1.54) is 4.57 Å². The summed E-state index contributed by atoms with van der Waals surface area (Å²) in [5, 5.41) is 1.26. The average molecular weight is 268 g/mol. The first-order valence-electron chi connectivity index (χ1n) is 5.76. The Labute approximate surface area is 110 Å². The van der Waals surface area contributed by atoms with Gasteiger partial charge in [-0.05, 0) is 19.9 Å². The Hall–Kier alpha value is -1.68. The van der Waals surface area contributed by atoms with Crippen molar-refractivity contribution in [2.45, 2.75) is 13.8 Å². The van der Waals surface area contributed by atoms with E-state index in [0.29, 0.717) is 35.3 Å². The highest BCUT2D eigenvalue weighted by molar-refractivity contribution is 6.33. The molecule has 18 heavy (non-hydrogen) atoms. The van der Waals surface area contributed by atoms with Gasteiger partial charge in [0.2, 0.25) is 6.41 Å². The van der Waals surface area contributed by atoms with Gasteiger partial charge in [0.25, 0.3) is 0 Å². The van der Waals surface area contributed by atoms with Crippen molar-refractivity contribution in [3.05, 3.63) is 23.4 Å². The monoisotopic (exact) mass is 267 g/mol. The van der Waals surface area contributed by atoms with Crippen LogP contribution < -0.4 is 9.47 Å². The van der Waals surface area contributed by atoms with E-state index < -0.39 is 0 Å². The molecule has 0 spiro atoms. The number of ether oxygens (including phenoxy) is 2. The van der Waals surface area contributed by atoms with Crippen LogP contribution in [0.2, 0.25) is 5.02 Å². The molecule has 4 nitrogen and oxygen atoms in total. The number of carbonyl (C=O) groups is 1. The normalized spacial score (nSPS) is 10.6. The van der Waals surface area contributed by atoms with Gasteiger partial charge in [-0.25, -0.2) is 0 Å². The molecule has 0 radical (unpaired) electrons. The van der Waals surface area contributed by atoms with Crippen molar-refractivity contribution >= 4 is 28.9 Å². The van der Waals surface area contributed by atoms with Gasteiger partial charge in [0.1, 0.15) is 17.0 Å². The SMILES string of the molecule is CCOc1c(Cl)cc(OCC)c2c1ccn2C=O. The predicted octanol–water partition coefficient (Wildman–Crippen LogP) is 3.13. The minimum Gasteiger partial charge on any atom is -0.492 e. The fraction of sp³-hybridized carbons (Fsp3) is 0.308. The number of aromatic nitrogens is 1. The zero-order valence-electron chi connectivity index (χ0n) is 10.3. The zero-order chi connectivity index (χ0) is 13.1. The van der Waals surface area contributed by atoms with Crippen molar-refractivity contribution in [1.82, 2.24) is 4.57 Å². The molecule has 1 aromatic heterocycles. The van der Waals surface area contributed by atoms with E-state index in [1.54, 1.807) is 18.3 Å². The number of carbonyl (C=O) groups excluding carboxylic acids is 1. The summed E-state index contributed by atoms with van der Waals surface area (Å²) in [4.78, 5) is 11.0. The van der Waals surface area contributed by atoms with Gasteiger partial charge in [-0.2, -0.15) is 0 Å². The number of benzene rings is 1. The lowest BCUT2D eigenvalue weighted by Gasteiger charge is -2.12. The van der Waals surface area contributed by atoms with Crippen LogP contribution in [0.1, 0.15) is 13.8 Å². The molecule has 0 saturated carbocycles. The molecule has 0 aliphatic heterocycles. The van der Waals surface area contributed by atoms with Gasteiger partial charge in [-0.1, -0.05) is 11.6 Å². The molecule has 0 saturated heterocycles. The Balaban J connectivity index is 2.74. The summed E-state index contributed by atoms with van der Waals surface area (Å²) in [7, 11) is 0. The molecule has 96 valence electrons. The standard InChI is InChI=1S/C13H14ClNO3/c1-3-17-11-7-10(14)13(18-4-2)9-5-6-15(8-16)12(9)11/h5-8H,3-4H2,1-2H3. The summed E-state index contributed by atoms with van der Waals surface area (Å²) in [6.45, 7) is 4.78. The molecule has 0 aliphatic rings. The number of hydrogen-bond acceptors (Lipinski definition) is 3. The molecule has 0 atom stereocenters. The van der Waals surface area contributed by atoms with Crippen molar-refractivity contribution in [2.24, 2.45) is 0 Å². The minimum atomic E-state index is 0.483. The van der Waals surface area contributed by atoms with Crippen molar-refractivity contribution < 1.29 is 14.3 Å². The van der Waals surface area contributed by atoms with Crippen LogP contribution in [0, 0.1) is 0 Å². The third-order valence-electron chi connectivity index (χ3n) is 2.57. The maximum atomic E-state index is 11.0. The Kier molecular flexibility index (Phi) is 3.77. The van der Waals surface area contributed by atoms with E-state index >= 15 is 0 Å². The Bertz CT molecular complexity index is 577. The van der Waals surface area contributed by atoms with E-state index in [9.17, 15) is 4.79 Å². The Morgan fingerprint density at radius 2 is 2.06 bits per heavy atom. The molecular formula is C13H14ClNO3. The first kappa shape index (κ1) is 12.8. The molecule has 1 aromatic carbocycles. The van der Waals surface area contributed by atoms with Crippen molar-refractivity contribution in [2.75, 3.05) is 13.2 Å². The summed E-state index contributed by atoms with van der Waals surface area (Å²) in [6, 6.07) is 3.47. The van der Waals surface area contributed by atoms with E-state index in [-0.39, 0.29) is 0 Å². The number of hydrogen-bond donors (Lipinski definition) is 0. The van der Waals surface area contributed by atoms with Crippen LogP contribution in [0.5, 0.6) is 11.5 Å². The van der Waals surface area contributed by atoms with E-state index in [1.807, 2.05) is 13.8 Å². The van der Waals surface area contributed by atoms with Crippen LogP contribution in [-0.4, -0.2) is 24.2 Å². The van der Waals surface area contributed by atoms with Gasteiger partial charge in [-0.3, -0.25) is 9.36 Å². The Morgan fingerprint density at radius 1 is 1.33 bits per heavy atom. The van der Waals surface area contributed by atoms with E-state index in [4.69, 9.17) is 21.1 Å². The second kappa shape index (κ2) is 5.31. The molecule has 0 amide bonds. The largest absolute Gasteiger partial charge is 0.492 e. The second-order valence-electron chi connectivity index (χ2n) is 3.64. The fourth-order valence-corrected chi connectivity index (χ4v) is 2.17. The Morgan fingerprint density at radius 3 is 2.67 bits per heavy atom. The first-order valence-corrected chi connectivity index (χ1v) is 6.14. The molecule has 0 bridgehead atoms. The van der Waals surface area contributed by atoms with Crippen molar-refractivity contribution in [3.8, 4) is 11.5 Å². The second-order valence-corrected chi connectivity index (χ2v) is 4.05. The summed E-state index contributed by atoms with van der Waals surface area (Å²) < 4.78 is 12.5. The van der Waals surface area contributed by atoms with Crippen LogP contribution in [0.15, 0.2) is 18.3 Å². The lowest BCUT2D eigenvalue weighted by molar-refractivity contribution is 0.336. The van der Waals surface area contributed by atoms with Crippen molar-refractivity contribution in [1.29, 1.82) is 0 Å². The van der Waals surface area contributed by atoms with Gasteiger partial charge in [0, 0.05) is 17.6 Å². The van der Waals surface area contributed by atoms with Gasteiger partial charge in [-0.15, -0.1) is 0 Å². The highest BCUT2D eigenvalue weighted by Gasteiger charge is 2.16. The van der Waals surface area contributed by atoms with E-state index in [2.05, 4.69) is 0 Å². The van der Waals surface area contributed by atoms with Crippen molar-refractivity contribution in [3.63, 3.8) is 0 Å². The highest BCUT2D eigenvalue weighted by atomic mass is 35.5. The molecular weight excluding hydrogens is 254 g/mol. The maximum absolute atomic E-state index is 11.0. The number of rotatable bonds is 5. The third-order valence-corrected chi connectivity index (χ3v) is 2.85. The maximum Gasteiger partial charge on any atom is 0.218 e. The predicted molar refractivity (Wildman–Crippen MR) is 71.4 cm³/mol. The van der Waals surface area contributed by atoms with E-state index in [0.717, 1.165) is 11.8 Å². The number of fused-ring (bicyclic) bond motifs is 1. The number of halogens is 1. The summed E-state index contributed by atoms with van der Waals surface area (Å²) in [5.74, 6) is 1.16. The molecule has 5 heteroatoms. The summed E-state index contributed by atoms with van der Waals surface area (Å²) in [6.07, 6.45) is 2.40. The highest BCUT2D eigenvalue weighted by Crippen LogP contribution is 2.40. The molecule has 2 rings (SSSR count). The fourth-order valence-electron chi connectivity index (χ4n) is 1.91. The molecule has 1 heterocycles. The van der Waals surface area contributed by atoms with Gasteiger partial charge in [0.15, 0.2) is 0 Å². The van der Waals surface area contributed by atoms with Crippen LogP contribution >= 0.6 is 11.6 Å². The molecule has 0 aliphatic carbocycles. The minimum absolute atomic E-state index is 0.483. The van der Waals surface area contributed by atoms with Crippen LogP contribution in [0.3, 0.4) is 0 Å². The molecule has 0 fully saturated rings. The lowest BCUT2D eigenvalue weighted by Crippen LogP contribution is -2.00.